The van der Waals surface area contributed by atoms with Crippen LogP contribution in [0.4, 0.5) is 0 Å². The van der Waals surface area contributed by atoms with E-state index in [1.54, 1.807) is 0 Å². The van der Waals surface area contributed by atoms with E-state index in [-0.39, 0.29) is 6.04 Å². The highest BCUT2D eigenvalue weighted by atomic mass is 16.4. The fourth-order valence-corrected chi connectivity index (χ4v) is 4.40. The molecule has 0 spiro atoms. The predicted molar refractivity (Wildman–Crippen MR) is 108 cm³/mol. The number of fused-ring (bicyclic) bond motifs is 2. The van der Waals surface area contributed by atoms with Crippen molar-refractivity contribution in [2.24, 2.45) is 0 Å². The second kappa shape index (κ2) is 6.97. The van der Waals surface area contributed by atoms with Crippen molar-refractivity contribution in [1.82, 2.24) is 9.55 Å². The Labute approximate surface area is 163 Å². The molecule has 1 atom stereocenters. The number of carboxylic acid groups (broad SMARTS) is 1. The summed E-state index contributed by atoms with van der Waals surface area (Å²) < 4.78 is 2.07. The zero-order chi connectivity index (χ0) is 19.8. The lowest BCUT2D eigenvalue weighted by Crippen LogP contribution is -2.19. The standard InChI is InChI=1S/C23H21N3O2/c1-14-12-15(2)25-23-22(14)18(13-24)20(10-11-21(27)28)26(23)19-9-5-7-16-6-3-4-8-17(16)19/h3-4,6,8,10-12,19H,5,7,9H2,1-2H3,(H,27,28)/b11-10+/t19-/m0/s1. The van der Waals surface area contributed by atoms with Crippen LogP contribution in [0.5, 0.6) is 0 Å². The molecule has 1 aliphatic carbocycles. The third-order valence-corrected chi connectivity index (χ3v) is 5.46. The zero-order valence-electron chi connectivity index (χ0n) is 15.9. The van der Waals surface area contributed by atoms with Crippen molar-refractivity contribution in [1.29, 1.82) is 5.26 Å². The van der Waals surface area contributed by atoms with Gasteiger partial charge in [-0.05, 0) is 61.9 Å². The topological polar surface area (TPSA) is 78.9 Å². The Morgan fingerprint density at radius 1 is 1.36 bits per heavy atom. The van der Waals surface area contributed by atoms with Gasteiger partial charge in [0.1, 0.15) is 11.7 Å². The van der Waals surface area contributed by atoms with Gasteiger partial charge in [0.05, 0.1) is 17.3 Å². The van der Waals surface area contributed by atoms with Crippen molar-refractivity contribution in [2.75, 3.05) is 0 Å². The molecule has 0 bridgehead atoms. The molecular weight excluding hydrogens is 350 g/mol. The molecule has 0 amide bonds. The van der Waals surface area contributed by atoms with Crippen molar-refractivity contribution in [3.05, 3.63) is 70.0 Å². The highest BCUT2D eigenvalue weighted by Crippen LogP contribution is 2.39. The third kappa shape index (κ3) is 2.87. The minimum absolute atomic E-state index is 0.0247. The number of aryl methyl sites for hydroxylation is 3. The number of hydrogen-bond donors (Lipinski definition) is 1. The Morgan fingerprint density at radius 3 is 2.89 bits per heavy atom. The molecule has 5 heteroatoms. The van der Waals surface area contributed by atoms with Crippen LogP contribution in [0.15, 0.2) is 36.4 Å². The van der Waals surface area contributed by atoms with Gasteiger partial charge in [-0.15, -0.1) is 0 Å². The van der Waals surface area contributed by atoms with E-state index in [1.807, 2.05) is 32.0 Å². The largest absolute Gasteiger partial charge is 0.478 e. The smallest absolute Gasteiger partial charge is 0.328 e. The summed E-state index contributed by atoms with van der Waals surface area (Å²) in [7, 11) is 0. The Bertz CT molecular complexity index is 1160. The molecule has 28 heavy (non-hydrogen) atoms. The van der Waals surface area contributed by atoms with Gasteiger partial charge in [-0.2, -0.15) is 5.26 Å². The lowest BCUT2D eigenvalue weighted by atomic mass is 9.87. The number of aromatic nitrogens is 2. The second-order valence-corrected chi connectivity index (χ2v) is 7.30. The molecule has 0 saturated carbocycles. The van der Waals surface area contributed by atoms with Crippen molar-refractivity contribution >= 4 is 23.1 Å². The molecule has 140 valence electrons. The minimum atomic E-state index is -1.04. The normalized spacial score (nSPS) is 16.2. The molecule has 0 fully saturated rings. The van der Waals surface area contributed by atoms with E-state index in [0.717, 1.165) is 47.6 Å². The number of carbonyl (C=O) groups is 1. The van der Waals surface area contributed by atoms with Crippen LogP contribution in [0.3, 0.4) is 0 Å². The van der Waals surface area contributed by atoms with Crippen LogP contribution in [0.2, 0.25) is 0 Å². The highest BCUT2D eigenvalue weighted by molar-refractivity contribution is 5.94. The van der Waals surface area contributed by atoms with Gasteiger partial charge < -0.3 is 9.67 Å². The Kier molecular flexibility index (Phi) is 4.48. The summed E-state index contributed by atoms with van der Waals surface area (Å²) in [6.45, 7) is 3.92. The van der Waals surface area contributed by atoms with Crippen LogP contribution in [-0.4, -0.2) is 20.6 Å². The summed E-state index contributed by atoms with van der Waals surface area (Å²) in [6, 6.07) is 12.6. The van der Waals surface area contributed by atoms with E-state index >= 15 is 0 Å². The molecule has 2 heterocycles. The van der Waals surface area contributed by atoms with Crippen LogP contribution < -0.4 is 0 Å². The maximum Gasteiger partial charge on any atom is 0.328 e. The number of carboxylic acids is 1. The van der Waals surface area contributed by atoms with Crippen molar-refractivity contribution in [3.8, 4) is 6.07 Å². The molecule has 0 unspecified atom stereocenters. The number of nitrogens with zero attached hydrogens (tertiary/aromatic N) is 3. The Morgan fingerprint density at radius 2 is 2.14 bits per heavy atom. The van der Waals surface area contributed by atoms with Crippen LogP contribution in [0, 0.1) is 25.2 Å². The lowest BCUT2D eigenvalue weighted by molar-refractivity contribution is -0.131. The Hall–Kier alpha value is -3.39. The predicted octanol–water partition coefficient (Wildman–Crippen LogP) is 4.55. The molecule has 4 rings (SSSR count). The summed E-state index contributed by atoms with van der Waals surface area (Å²) in [5.41, 5.74) is 6.24. The van der Waals surface area contributed by atoms with E-state index in [2.05, 4.69) is 22.8 Å². The fraction of sp³-hybridized carbons (Fsp3) is 0.261. The van der Waals surface area contributed by atoms with Crippen LogP contribution in [-0.2, 0) is 11.2 Å². The van der Waals surface area contributed by atoms with E-state index < -0.39 is 5.97 Å². The average molecular weight is 371 g/mol. The van der Waals surface area contributed by atoms with Crippen LogP contribution in [0.25, 0.3) is 17.1 Å². The van der Waals surface area contributed by atoms with Gasteiger partial charge in [-0.25, -0.2) is 9.78 Å². The second-order valence-electron chi connectivity index (χ2n) is 7.30. The first kappa shape index (κ1) is 18.0. The maximum absolute atomic E-state index is 11.2. The lowest BCUT2D eigenvalue weighted by Gasteiger charge is -2.28. The maximum atomic E-state index is 11.2. The summed E-state index contributed by atoms with van der Waals surface area (Å²) in [4.78, 5) is 16.0. The number of hydrogen-bond acceptors (Lipinski definition) is 3. The van der Waals surface area contributed by atoms with Gasteiger partial charge in [0, 0.05) is 17.2 Å². The molecule has 0 radical (unpaired) electrons. The SMILES string of the molecule is Cc1cc(C)c2c(C#N)c(/C=C/C(=O)O)n([C@H]3CCCc4ccccc43)c2n1. The summed E-state index contributed by atoms with van der Waals surface area (Å²) in [6.07, 6.45) is 5.63. The van der Waals surface area contributed by atoms with Crippen molar-refractivity contribution in [2.45, 2.75) is 39.2 Å². The number of pyridine rings is 1. The van der Waals surface area contributed by atoms with Gasteiger partial charge in [0.2, 0.25) is 0 Å². The quantitative estimate of drug-likeness (QED) is 0.685. The number of nitriles is 1. The number of rotatable bonds is 3. The van der Waals surface area contributed by atoms with Crippen molar-refractivity contribution < 1.29 is 9.90 Å². The number of benzene rings is 1. The minimum Gasteiger partial charge on any atom is -0.478 e. The fourth-order valence-electron chi connectivity index (χ4n) is 4.40. The molecular formula is C23H21N3O2. The summed E-state index contributed by atoms with van der Waals surface area (Å²) in [5.74, 6) is -1.04. The van der Waals surface area contributed by atoms with Gasteiger partial charge >= 0.3 is 5.97 Å². The first-order valence-corrected chi connectivity index (χ1v) is 9.42. The molecule has 1 aromatic carbocycles. The summed E-state index contributed by atoms with van der Waals surface area (Å²) >= 11 is 0. The van der Waals surface area contributed by atoms with E-state index in [9.17, 15) is 15.2 Å². The monoisotopic (exact) mass is 371 g/mol. The number of aliphatic carboxylic acids is 1. The van der Waals surface area contributed by atoms with Crippen LogP contribution in [0.1, 0.15) is 52.5 Å². The molecule has 2 aromatic heterocycles. The van der Waals surface area contributed by atoms with Gasteiger partial charge in [0.25, 0.3) is 0 Å². The molecule has 1 aliphatic rings. The molecule has 0 saturated heterocycles. The van der Waals surface area contributed by atoms with Gasteiger partial charge in [-0.3, -0.25) is 0 Å². The molecule has 5 nitrogen and oxygen atoms in total. The van der Waals surface area contributed by atoms with Gasteiger partial charge in [0.15, 0.2) is 0 Å². The third-order valence-electron chi connectivity index (χ3n) is 5.46. The highest BCUT2D eigenvalue weighted by Gasteiger charge is 2.28. The first-order valence-electron chi connectivity index (χ1n) is 9.42. The van der Waals surface area contributed by atoms with E-state index in [4.69, 9.17) is 4.98 Å². The van der Waals surface area contributed by atoms with Crippen molar-refractivity contribution in [3.63, 3.8) is 0 Å². The summed E-state index contributed by atoms with van der Waals surface area (Å²) in [5, 5.41) is 19.9. The average Bonchev–Trinajstić information content (AvgIpc) is 2.99. The van der Waals surface area contributed by atoms with E-state index in [1.165, 1.54) is 17.2 Å². The van der Waals surface area contributed by atoms with Crippen LogP contribution >= 0.6 is 0 Å². The first-order chi connectivity index (χ1) is 13.5. The van der Waals surface area contributed by atoms with E-state index in [0.29, 0.717) is 11.3 Å². The van der Waals surface area contributed by atoms with Gasteiger partial charge in [-0.1, -0.05) is 24.3 Å². The molecule has 0 aliphatic heterocycles. The zero-order valence-corrected chi connectivity index (χ0v) is 15.9. The molecule has 1 N–H and O–H groups in total. The molecule has 3 aromatic rings. The Balaban J connectivity index is 2.09.